The Balaban J connectivity index is 1.91. The number of amides is 1. The van der Waals surface area contributed by atoms with E-state index in [2.05, 4.69) is 5.32 Å². The molecule has 1 aliphatic rings. The van der Waals surface area contributed by atoms with E-state index < -0.39 is 0 Å². The van der Waals surface area contributed by atoms with Crippen LogP contribution in [0.25, 0.3) is 0 Å². The molecule has 0 spiro atoms. The molecule has 1 aliphatic carbocycles. The van der Waals surface area contributed by atoms with E-state index in [1.54, 1.807) is 0 Å². The molecule has 17 heavy (non-hydrogen) atoms. The number of carbonyl (C=O) groups excluding carboxylic acids is 1. The van der Waals surface area contributed by atoms with Crippen molar-refractivity contribution in [3.8, 4) is 0 Å². The molecule has 4 heteroatoms. The summed E-state index contributed by atoms with van der Waals surface area (Å²) in [7, 11) is 0. The van der Waals surface area contributed by atoms with E-state index in [-0.39, 0.29) is 23.8 Å². The van der Waals surface area contributed by atoms with E-state index in [1.807, 2.05) is 0 Å². The van der Waals surface area contributed by atoms with Gasteiger partial charge in [-0.05, 0) is 49.9 Å². The topological polar surface area (TPSA) is 55.1 Å². The Hall–Kier alpha value is -1.42. The smallest absolute Gasteiger partial charge is 0.251 e. The molecule has 0 bridgehead atoms. The van der Waals surface area contributed by atoms with Crippen LogP contribution in [-0.2, 0) is 0 Å². The highest BCUT2D eigenvalue weighted by molar-refractivity contribution is 5.94. The molecule has 0 atom stereocenters. The fourth-order valence-electron chi connectivity index (χ4n) is 2.13. The summed E-state index contributed by atoms with van der Waals surface area (Å²) in [6.07, 6.45) is 3.75. The number of hydrogen-bond acceptors (Lipinski definition) is 2. The molecule has 0 radical (unpaired) electrons. The molecule has 92 valence electrons. The number of nitrogens with one attached hydrogen (secondary N) is 1. The van der Waals surface area contributed by atoms with Gasteiger partial charge in [-0.1, -0.05) is 0 Å². The van der Waals surface area contributed by atoms with Crippen LogP contribution in [0, 0.1) is 5.82 Å². The van der Waals surface area contributed by atoms with Gasteiger partial charge in [0.05, 0.1) is 0 Å². The molecule has 2 rings (SSSR count). The van der Waals surface area contributed by atoms with Gasteiger partial charge in [-0.15, -0.1) is 0 Å². The van der Waals surface area contributed by atoms with Crippen LogP contribution in [0.5, 0.6) is 0 Å². The summed E-state index contributed by atoms with van der Waals surface area (Å²) >= 11 is 0. The van der Waals surface area contributed by atoms with Gasteiger partial charge in [-0.25, -0.2) is 4.39 Å². The molecule has 1 amide bonds. The second-order valence-electron chi connectivity index (χ2n) is 4.59. The Morgan fingerprint density at radius 1 is 1.18 bits per heavy atom. The van der Waals surface area contributed by atoms with Crippen molar-refractivity contribution in [3.05, 3.63) is 35.6 Å². The minimum absolute atomic E-state index is 0.134. The van der Waals surface area contributed by atoms with Crippen LogP contribution >= 0.6 is 0 Å². The van der Waals surface area contributed by atoms with Crippen LogP contribution in [0.1, 0.15) is 36.0 Å². The number of halogens is 1. The van der Waals surface area contributed by atoms with Gasteiger partial charge in [0.1, 0.15) is 5.82 Å². The molecular weight excluding hydrogens is 219 g/mol. The first-order chi connectivity index (χ1) is 8.15. The lowest BCUT2D eigenvalue weighted by atomic mass is 9.91. The highest BCUT2D eigenvalue weighted by Crippen LogP contribution is 2.17. The molecular formula is C13H17FN2O. The van der Waals surface area contributed by atoms with Crippen molar-refractivity contribution in [3.63, 3.8) is 0 Å². The van der Waals surface area contributed by atoms with Crippen molar-refractivity contribution in [1.29, 1.82) is 0 Å². The van der Waals surface area contributed by atoms with Crippen LogP contribution < -0.4 is 11.1 Å². The molecule has 0 aliphatic heterocycles. The molecule has 0 aromatic heterocycles. The van der Waals surface area contributed by atoms with Crippen molar-refractivity contribution >= 4 is 5.91 Å². The number of rotatable bonds is 2. The maximum atomic E-state index is 12.7. The maximum Gasteiger partial charge on any atom is 0.251 e. The number of benzene rings is 1. The average molecular weight is 236 g/mol. The molecule has 3 N–H and O–H groups in total. The van der Waals surface area contributed by atoms with Crippen molar-refractivity contribution in [2.45, 2.75) is 37.8 Å². The summed E-state index contributed by atoms with van der Waals surface area (Å²) in [5, 5.41) is 2.96. The predicted molar refractivity (Wildman–Crippen MR) is 64.1 cm³/mol. The van der Waals surface area contributed by atoms with E-state index >= 15 is 0 Å². The Bertz CT molecular complexity index is 383. The lowest BCUT2D eigenvalue weighted by molar-refractivity contribution is 0.0926. The molecule has 0 unspecified atom stereocenters. The molecule has 1 aromatic carbocycles. The summed E-state index contributed by atoms with van der Waals surface area (Å²) in [5.74, 6) is -0.462. The zero-order chi connectivity index (χ0) is 12.3. The van der Waals surface area contributed by atoms with Crippen LogP contribution in [0.2, 0.25) is 0 Å². The van der Waals surface area contributed by atoms with Gasteiger partial charge in [-0.3, -0.25) is 4.79 Å². The Morgan fingerprint density at radius 2 is 1.76 bits per heavy atom. The minimum atomic E-state index is -0.329. The zero-order valence-corrected chi connectivity index (χ0v) is 9.66. The molecule has 3 nitrogen and oxygen atoms in total. The van der Waals surface area contributed by atoms with Crippen LogP contribution in [0.15, 0.2) is 24.3 Å². The van der Waals surface area contributed by atoms with Crippen molar-refractivity contribution in [1.82, 2.24) is 5.32 Å². The Morgan fingerprint density at radius 3 is 2.35 bits per heavy atom. The van der Waals surface area contributed by atoms with Gasteiger partial charge in [0, 0.05) is 17.6 Å². The van der Waals surface area contributed by atoms with E-state index in [9.17, 15) is 9.18 Å². The summed E-state index contributed by atoms with van der Waals surface area (Å²) in [6, 6.07) is 6.07. The second-order valence-corrected chi connectivity index (χ2v) is 4.59. The van der Waals surface area contributed by atoms with E-state index in [0.29, 0.717) is 5.56 Å². The van der Waals surface area contributed by atoms with Crippen LogP contribution in [0.3, 0.4) is 0 Å². The van der Waals surface area contributed by atoms with Gasteiger partial charge >= 0.3 is 0 Å². The normalized spacial score (nSPS) is 24.4. The second kappa shape index (κ2) is 5.27. The monoisotopic (exact) mass is 236 g/mol. The standard InChI is InChI=1S/C13H17FN2O/c14-10-3-1-9(2-4-10)13(17)16-12-7-5-11(15)6-8-12/h1-4,11-12H,5-8,15H2,(H,16,17)/t11-,12+. The van der Waals surface area contributed by atoms with Crippen LogP contribution in [-0.4, -0.2) is 18.0 Å². The van der Waals surface area contributed by atoms with E-state index in [4.69, 9.17) is 5.73 Å². The predicted octanol–water partition coefficient (Wildman–Crippen LogP) is 1.83. The Labute approximate surface area is 100 Å². The van der Waals surface area contributed by atoms with E-state index in [1.165, 1.54) is 24.3 Å². The molecule has 0 saturated heterocycles. The zero-order valence-electron chi connectivity index (χ0n) is 9.66. The fourth-order valence-corrected chi connectivity index (χ4v) is 2.13. The van der Waals surface area contributed by atoms with Crippen molar-refractivity contribution < 1.29 is 9.18 Å². The average Bonchev–Trinajstić information content (AvgIpc) is 2.33. The largest absolute Gasteiger partial charge is 0.349 e. The van der Waals surface area contributed by atoms with Gasteiger partial charge in [0.15, 0.2) is 0 Å². The van der Waals surface area contributed by atoms with E-state index in [0.717, 1.165) is 25.7 Å². The third-order valence-electron chi connectivity index (χ3n) is 3.21. The Kier molecular flexibility index (Phi) is 3.74. The third kappa shape index (κ3) is 3.27. The van der Waals surface area contributed by atoms with Crippen molar-refractivity contribution in [2.75, 3.05) is 0 Å². The lowest BCUT2D eigenvalue weighted by Crippen LogP contribution is -2.40. The maximum absolute atomic E-state index is 12.7. The number of nitrogens with two attached hydrogens (primary N) is 1. The SMILES string of the molecule is N[C@H]1CC[C@@H](NC(=O)c2ccc(F)cc2)CC1. The lowest BCUT2D eigenvalue weighted by Gasteiger charge is -2.26. The first kappa shape index (κ1) is 12.0. The summed E-state index contributed by atoms with van der Waals surface area (Å²) < 4.78 is 12.7. The summed E-state index contributed by atoms with van der Waals surface area (Å²) in [6.45, 7) is 0. The van der Waals surface area contributed by atoms with Crippen molar-refractivity contribution in [2.24, 2.45) is 5.73 Å². The van der Waals surface area contributed by atoms with Gasteiger partial charge in [0.25, 0.3) is 5.91 Å². The first-order valence-corrected chi connectivity index (χ1v) is 5.97. The summed E-state index contributed by atoms with van der Waals surface area (Å²) in [4.78, 5) is 11.8. The molecule has 1 aromatic rings. The molecule has 1 fully saturated rings. The minimum Gasteiger partial charge on any atom is -0.349 e. The number of hydrogen-bond donors (Lipinski definition) is 2. The quantitative estimate of drug-likeness (QED) is 0.823. The molecule has 0 heterocycles. The van der Waals surface area contributed by atoms with Gasteiger partial charge in [-0.2, -0.15) is 0 Å². The highest BCUT2D eigenvalue weighted by atomic mass is 19.1. The summed E-state index contributed by atoms with van der Waals surface area (Å²) in [5.41, 5.74) is 6.30. The van der Waals surface area contributed by atoms with Gasteiger partial charge < -0.3 is 11.1 Å². The highest BCUT2D eigenvalue weighted by Gasteiger charge is 2.20. The molecule has 1 saturated carbocycles. The first-order valence-electron chi connectivity index (χ1n) is 5.97. The fraction of sp³-hybridized carbons (Fsp3) is 0.462. The third-order valence-corrected chi connectivity index (χ3v) is 3.21. The van der Waals surface area contributed by atoms with Crippen LogP contribution in [0.4, 0.5) is 4.39 Å². The number of carbonyl (C=O) groups is 1. The van der Waals surface area contributed by atoms with Gasteiger partial charge in [0.2, 0.25) is 0 Å².